The predicted molar refractivity (Wildman–Crippen MR) is 122 cm³/mol. The summed E-state index contributed by atoms with van der Waals surface area (Å²) in [4.78, 5) is 41.7. The van der Waals surface area contributed by atoms with Crippen LogP contribution in [0.5, 0.6) is 0 Å². The molecule has 0 saturated heterocycles. The van der Waals surface area contributed by atoms with Crippen LogP contribution in [0.1, 0.15) is 38.2 Å². The van der Waals surface area contributed by atoms with Crippen molar-refractivity contribution < 1.29 is 38.5 Å². The van der Waals surface area contributed by atoms with Crippen LogP contribution in [-0.2, 0) is 33.4 Å². The number of rotatable bonds is 12. The lowest BCUT2D eigenvalue weighted by Gasteiger charge is -2.03. The molecule has 0 saturated carbocycles. The summed E-state index contributed by atoms with van der Waals surface area (Å²) in [6.07, 6.45) is 5.52. The molecule has 0 spiro atoms. The van der Waals surface area contributed by atoms with Gasteiger partial charge in [-0.2, -0.15) is 0 Å². The average molecular weight is 449 g/mol. The van der Waals surface area contributed by atoms with Crippen LogP contribution in [0.15, 0.2) is 62.2 Å². The minimum Gasteiger partial charge on any atom is -0.481 e. The Hall–Kier alpha value is -3.68. The molecule has 1 rings (SSSR count). The molecular formula is C24H32O8. The molecule has 0 fully saturated rings. The molecule has 0 bridgehead atoms. The molecule has 0 heterocycles. The summed E-state index contributed by atoms with van der Waals surface area (Å²) < 4.78 is 13.8. The number of aliphatic carboxylic acids is 1. The number of esters is 3. The number of carboxylic acids is 1. The van der Waals surface area contributed by atoms with E-state index in [2.05, 4.69) is 33.9 Å². The molecule has 0 aromatic heterocycles. The maximum Gasteiger partial charge on any atom is 0.330 e. The molecule has 0 atom stereocenters. The standard InChI is InChI=1S/C9H12O6.C8H8.C7H12O2/c1-2-8(12)14-5-6-15-9(13)4-3-7(10)11;1-2-8-6-4-3-5-7-8;1-3-5-6-9-7(8)4-2/h2H,1,3-6H2,(H,10,11);2-7H,1H2;4H,2-3,5-6H2,1H3. The normalized spacial score (nSPS) is 8.78. The third-order valence-electron chi connectivity index (χ3n) is 3.24. The van der Waals surface area contributed by atoms with Gasteiger partial charge in [0.15, 0.2) is 0 Å². The molecule has 0 unspecified atom stereocenters. The van der Waals surface area contributed by atoms with Crippen LogP contribution >= 0.6 is 0 Å². The number of hydrogen-bond donors (Lipinski definition) is 1. The second-order valence-corrected chi connectivity index (χ2v) is 5.83. The highest BCUT2D eigenvalue weighted by atomic mass is 16.6. The second-order valence-electron chi connectivity index (χ2n) is 5.83. The SMILES string of the molecule is C=CC(=O)OCCCC.C=CC(=O)OCCOC(=O)CCC(=O)O.C=Cc1ccccc1. The van der Waals surface area contributed by atoms with Gasteiger partial charge in [-0.25, -0.2) is 9.59 Å². The molecule has 8 nitrogen and oxygen atoms in total. The Morgan fingerprint density at radius 2 is 1.38 bits per heavy atom. The van der Waals surface area contributed by atoms with Gasteiger partial charge in [0.25, 0.3) is 0 Å². The fraction of sp³-hybridized carbons (Fsp3) is 0.333. The van der Waals surface area contributed by atoms with Gasteiger partial charge in [0.2, 0.25) is 0 Å². The molecular weight excluding hydrogens is 416 g/mol. The lowest BCUT2D eigenvalue weighted by Crippen LogP contribution is -2.13. The minimum atomic E-state index is -1.06. The van der Waals surface area contributed by atoms with Gasteiger partial charge in [-0.3, -0.25) is 9.59 Å². The van der Waals surface area contributed by atoms with Crippen LogP contribution in [0.25, 0.3) is 6.08 Å². The molecule has 1 aromatic rings. The first-order valence-corrected chi connectivity index (χ1v) is 9.93. The van der Waals surface area contributed by atoms with E-state index in [1.807, 2.05) is 43.3 Å². The molecule has 1 aromatic carbocycles. The van der Waals surface area contributed by atoms with Crippen molar-refractivity contribution in [2.24, 2.45) is 0 Å². The summed E-state index contributed by atoms with van der Waals surface area (Å²) in [5.41, 5.74) is 1.17. The van der Waals surface area contributed by atoms with Gasteiger partial charge in [-0.15, -0.1) is 0 Å². The van der Waals surface area contributed by atoms with Crippen LogP contribution in [0.2, 0.25) is 0 Å². The van der Waals surface area contributed by atoms with Gasteiger partial charge in [0.1, 0.15) is 13.2 Å². The van der Waals surface area contributed by atoms with E-state index in [1.54, 1.807) is 0 Å². The molecule has 0 aliphatic rings. The Morgan fingerprint density at radius 3 is 1.81 bits per heavy atom. The maximum absolute atomic E-state index is 10.8. The van der Waals surface area contributed by atoms with Crippen molar-refractivity contribution in [2.45, 2.75) is 32.6 Å². The van der Waals surface area contributed by atoms with Crippen molar-refractivity contribution in [3.63, 3.8) is 0 Å². The number of unbranched alkanes of at least 4 members (excludes halogenated alkanes) is 1. The van der Waals surface area contributed by atoms with E-state index in [0.29, 0.717) is 6.61 Å². The largest absolute Gasteiger partial charge is 0.481 e. The Labute approximate surface area is 189 Å². The average Bonchev–Trinajstić information content (AvgIpc) is 2.81. The zero-order valence-corrected chi connectivity index (χ0v) is 18.5. The van der Waals surface area contributed by atoms with Crippen LogP contribution in [-0.4, -0.2) is 48.8 Å². The molecule has 0 aliphatic carbocycles. The zero-order valence-electron chi connectivity index (χ0n) is 18.5. The first-order chi connectivity index (χ1) is 15.3. The Balaban J connectivity index is 0. The fourth-order valence-electron chi connectivity index (χ4n) is 1.60. The summed E-state index contributed by atoms with van der Waals surface area (Å²) in [7, 11) is 0. The number of benzene rings is 1. The molecule has 1 N–H and O–H groups in total. The van der Waals surface area contributed by atoms with Crippen molar-refractivity contribution in [2.75, 3.05) is 19.8 Å². The summed E-state index contributed by atoms with van der Waals surface area (Å²) in [6, 6.07) is 10.0. The first-order valence-electron chi connectivity index (χ1n) is 9.93. The topological polar surface area (TPSA) is 116 Å². The van der Waals surface area contributed by atoms with Crippen molar-refractivity contribution >= 4 is 30.0 Å². The number of ether oxygens (including phenoxy) is 3. The van der Waals surface area contributed by atoms with Gasteiger partial charge in [-0.05, 0) is 12.0 Å². The van der Waals surface area contributed by atoms with E-state index in [4.69, 9.17) is 5.11 Å². The number of carbonyl (C=O) groups is 4. The van der Waals surface area contributed by atoms with Crippen molar-refractivity contribution in [3.8, 4) is 0 Å². The van der Waals surface area contributed by atoms with Gasteiger partial charge in [-0.1, -0.05) is 69.5 Å². The molecule has 8 heteroatoms. The highest BCUT2D eigenvalue weighted by molar-refractivity contribution is 5.81. The van der Waals surface area contributed by atoms with E-state index in [9.17, 15) is 19.2 Å². The van der Waals surface area contributed by atoms with E-state index in [-0.39, 0.29) is 32.0 Å². The third kappa shape index (κ3) is 22.6. The summed E-state index contributed by atoms with van der Waals surface area (Å²) >= 11 is 0. The van der Waals surface area contributed by atoms with E-state index in [1.165, 1.54) is 11.6 Å². The molecule has 0 radical (unpaired) electrons. The highest BCUT2D eigenvalue weighted by Gasteiger charge is 2.06. The lowest BCUT2D eigenvalue weighted by atomic mass is 10.2. The van der Waals surface area contributed by atoms with E-state index >= 15 is 0 Å². The second kappa shape index (κ2) is 22.0. The number of carbonyl (C=O) groups excluding carboxylic acids is 3. The summed E-state index contributed by atoms with van der Waals surface area (Å²) in [6.45, 7) is 12.5. The highest BCUT2D eigenvalue weighted by Crippen LogP contribution is 1.97. The Morgan fingerprint density at radius 1 is 0.844 bits per heavy atom. The quantitative estimate of drug-likeness (QED) is 0.221. The Kier molecular flexibility index (Phi) is 21.0. The van der Waals surface area contributed by atoms with Gasteiger partial charge >= 0.3 is 23.9 Å². The van der Waals surface area contributed by atoms with Crippen LogP contribution in [0.4, 0.5) is 0 Å². The number of carboxylic acid groups (broad SMARTS) is 1. The fourth-order valence-corrected chi connectivity index (χ4v) is 1.60. The smallest absolute Gasteiger partial charge is 0.330 e. The number of hydrogen-bond acceptors (Lipinski definition) is 7. The zero-order chi connectivity index (χ0) is 24.6. The van der Waals surface area contributed by atoms with E-state index < -0.39 is 17.9 Å². The van der Waals surface area contributed by atoms with Crippen molar-refractivity contribution in [1.29, 1.82) is 0 Å². The summed E-state index contributed by atoms with van der Waals surface area (Å²) in [5.74, 6) is -2.63. The predicted octanol–water partition coefficient (Wildman–Crippen LogP) is 3.97. The lowest BCUT2D eigenvalue weighted by molar-refractivity contribution is -0.151. The van der Waals surface area contributed by atoms with Crippen LogP contribution in [0.3, 0.4) is 0 Å². The van der Waals surface area contributed by atoms with Crippen LogP contribution < -0.4 is 0 Å². The third-order valence-corrected chi connectivity index (χ3v) is 3.24. The van der Waals surface area contributed by atoms with Gasteiger partial charge < -0.3 is 19.3 Å². The summed E-state index contributed by atoms with van der Waals surface area (Å²) in [5, 5.41) is 8.25. The molecule has 176 valence electrons. The molecule has 0 aliphatic heterocycles. The van der Waals surface area contributed by atoms with Crippen molar-refractivity contribution in [1.82, 2.24) is 0 Å². The van der Waals surface area contributed by atoms with Crippen LogP contribution in [0, 0.1) is 0 Å². The Bertz CT molecular complexity index is 710. The van der Waals surface area contributed by atoms with Gasteiger partial charge in [0.05, 0.1) is 19.4 Å². The monoisotopic (exact) mass is 448 g/mol. The molecule has 0 amide bonds. The van der Waals surface area contributed by atoms with E-state index in [0.717, 1.165) is 18.9 Å². The van der Waals surface area contributed by atoms with Gasteiger partial charge in [0, 0.05) is 12.2 Å². The maximum atomic E-state index is 10.8. The minimum absolute atomic E-state index is 0.0658. The molecule has 32 heavy (non-hydrogen) atoms. The van der Waals surface area contributed by atoms with Crippen molar-refractivity contribution in [3.05, 3.63) is 67.8 Å². The first kappa shape index (κ1) is 30.5.